The average Bonchev–Trinajstić information content (AvgIpc) is 2.24. The highest BCUT2D eigenvalue weighted by molar-refractivity contribution is 9.10. The van der Waals surface area contributed by atoms with Gasteiger partial charge in [-0.1, -0.05) is 15.9 Å². The highest BCUT2D eigenvalue weighted by atomic mass is 79.9. The average molecular weight is 367 g/mol. The van der Waals surface area contributed by atoms with Crippen LogP contribution < -0.4 is 10.6 Å². The summed E-state index contributed by atoms with van der Waals surface area (Å²) in [6.07, 6.45) is -4.26. The molecule has 0 saturated heterocycles. The van der Waals surface area contributed by atoms with E-state index in [0.29, 0.717) is 6.54 Å². The molecule has 0 aliphatic rings. The first kappa shape index (κ1) is 18.0. The molecular weight excluding hydrogens is 349 g/mol. The molecule has 3 nitrogen and oxygen atoms in total. The van der Waals surface area contributed by atoms with Crippen molar-refractivity contribution in [3.8, 4) is 0 Å². The predicted molar refractivity (Wildman–Crippen MR) is 80.1 cm³/mol. The Balaban J connectivity index is 2.66. The number of carbonyl (C=O) groups excluding carboxylic acids is 1. The molecule has 0 spiro atoms. The van der Waals surface area contributed by atoms with E-state index in [2.05, 4.69) is 26.6 Å². The quantitative estimate of drug-likeness (QED) is 0.838. The zero-order valence-electron chi connectivity index (χ0n) is 12.1. The van der Waals surface area contributed by atoms with Crippen LogP contribution >= 0.6 is 15.9 Å². The zero-order chi connectivity index (χ0) is 16.3. The highest BCUT2D eigenvalue weighted by Crippen LogP contribution is 2.33. The van der Waals surface area contributed by atoms with Gasteiger partial charge in [-0.2, -0.15) is 13.2 Å². The highest BCUT2D eigenvalue weighted by Gasteiger charge is 2.31. The first-order valence-corrected chi connectivity index (χ1v) is 7.19. The molecule has 21 heavy (non-hydrogen) atoms. The minimum atomic E-state index is -4.45. The van der Waals surface area contributed by atoms with Crippen LogP contribution in [-0.2, 0) is 11.0 Å². The summed E-state index contributed by atoms with van der Waals surface area (Å²) in [6, 6.07) is 3.32. The largest absolute Gasteiger partial charge is 0.416 e. The number of carbonyl (C=O) groups is 1. The molecule has 0 saturated carbocycles. The van der Waals surface area contributed by atoms with Gasteiger partial charge in [-0.25, -0.2) is 0 Å². The number of hydrogen-bond acceptors (Lipinski definition) is 2. The molecule has 118 valence electrons. The molecule has 0 unspecified atom stereocenters. The van der Waals surface area contributed by atoms with Gasteiger partial charge in [-0.3, -0.25) is 4.79 Å². The number of amides is 1. The van der Waals surface area contributed by atoms with E-state index in [1.807, 2.05) is 20.8 Å². The molecule has 0 heterocycles. The van der Waals surface area contributed by atoms with Crippen molar-refractivity contribution < 1.29 is 18.0 Å². The lowest BCUT2D eigenvalue weighted by Crippen LogP contribution is -2.37. The summed E-state index contributed by atoms with van der Waals surface area (Å²) in [4.78, 5) is 11.7. The van der Waals surface area contributed by atoms with Crippen LogP contribution in [-0.4, -0.2) is 18.0 Å². The summed E-state index contributed by atoms with van der Waals surface area (Å²) in [5.41, 5.74) is -0.795. The molecule has 7 heteroatoms. The third kappa shape index (κ3) is 6.95. The molecule has 1 aromatic rings. The van der Waals surface area contributed by atoms with Crippen LogP contribution in [0.4, 0.5) is 18.9 Å². The monoisotopic (exact) mass is 366 g/mol. The van der Waals surface area contributed by atoms with Crippen LogP contribution in [0.5, 0.6) is 0 Å². The van der Waals surface area contributed by atoms with Crippen LogP contribution in [0.3, 0.4) is 0 Å². The SMILES string of the molecule is CC(C)(C)NCCC(=O)Nc1cc(Br)cc(C(F)(F)F)c1. The van der Waals surface area contributed by atoms with E-state index in [1.54, 1.807) is 0 Å². The molecule has 1 aromatic carbocycles. The molecule has 0 aromatic heterocycles. The van der Waals surface area contributed by atoms with Crippen molar-refractivity contribution in [1.29, 1.82) is 0 Å². The van der Waals surface area contributed by atoms with Crippen molar-refractivity contribution in [3.05, 3.63) is 28.2 Å². The minimum absolute atomic E-state index is 0.112. The van der Waals surface area contributed by atoms with Gasteiger partial charge in [0, 0.05) is 28.7 Å². The standard InChI is InChI=1S/C14H18BrF3N2O/c1-13(2,3)19-5-4-12(21)20-11-7-9(14(16,17)18)6-10(15)8-11/h6-8,19H,4-5H2,1-3H3,(H,20,21). The predicted octanol–water partition coefficient (Wildman–Crippen LogP) is 4.18. The Morgan fingerprint density at radius 2 is 1.81 bits per heavy atom. The first-order chi connectivity index (χ1) is 9.47. The molecule has 0 aliphatic carbocycles. The number of anilines is 1. The second kappa shape index (κ2) is 6.79. The van der Waals surface area contributed by atoms with Crippen LogP contribution in [0.1, 0.15) is 32.8 Å². The fourth-order valence-corrected chi connectivity index (χ4v) is 2.09. The van der Waals surface area contributed by atoms with Crippen LogP contribution in [0, 0.1) is 0 Å². The third-order valence-electron chi connectivity index (χ3n) is 2.52. The molecule has 0 radical (unpaired) electrons. The van der Waals surface area contributed by atoms with Crippen LogP contribution in [0.25, 0.3) is 0 Å². The Morgan fingerprint density at radius 1 is 1.19 bits per heavy atom. The molecule has 0 atom stereocenters. The number of nitrogens with one attached hydrogen (secondary N) is 2. The van der Waals surface area contributed by atoms with Crippen molar-refractivity contribution in [2.24, 2.45) is 0 Å². The lowest BCUT2D eigenvalue weighted by molar-refractivity contribution is -0.137. The van der Waals surface area contributed by atoms with E-state index in [1.165, 1.54) is 6.07 Å². The van der Waals surface area contributed by atoms with Gasteiger partial charge in [0.1, 0.15) is 0 Å². The number of halogens is 4. The minimum Gasteiger partial charge on any atom is -0.326 e. The Bertz CT molecular complexity index is 510. The normalized spacial score (nSPS) is 12.3. The second-order valence-electron chi connectivity index (χ2n) is 5.70. The van der Waals surface area contributed by atoms with Crippen LogP contribution in [0.15, 0.2) is 22.7 Å². The van der Waals surface area contributed by atoms with E-state index in [4.69, 9.17) is 0 Å². The van der Waals surface area contributed by atoms with Gasteiger partial charge in [-0.05, 0) is 39.0 Å². The lowest BCUT2D eigenvalue weighted by atomic mass is 10.1. The maximum absolute atomic E-state index is 12.7. The summed E-state index contributed by atoms with van der Waals surface area (Å²) < 4.78 is 38.3. The van der Waals surface area contributed by atoms with Crippen LogP contribution in [0.2, 0.25) is 0 Å². The van der Waals surface area contributed by atoms with Gasteiger partial charge < -0.3 is 10.6 Å². The van der Waals surface area contributed by atoms with E-state index in [0.717, 1.165) is 12.1 Å². The van der Waals surface area contributed by atoms with Gasteiger partial charge in [0.2, 0.25) is 5.91 Å². The molecule has 0 bridgehead atoms. The van der Waals surface area contributed by atoms with Crippen molar-refractivity contribution >= 4 is 27.5 Å². The van der Waals surface area contributed by atoms with Gasteiger partial charge >= 0.3 is 6.18 Å². The van der Waals surface area contributed by atoms with Gasteiger partial charge in [0.25, 0.3) is 0 Å². The Kier molecular flexibility index (Phi) is 5.81. The molecule has 0 aliphatic heterocycles. The van der Waals surface area contributed by atoms with E-state index >= 15 is 0 Å². The van der Waals surface area contributed by atoms with Crippen molar-refractivity contribution in [1.82, 2.24) is 5.32 Å². The Morgan fingerprint density at radius 3 is 2.33 bits per heavy atom. The lowest BCUT2D eigenvalue weighted by Gasteiger charge is -2.20. The summed E-state index contributed by atoms with van der Waals surface area (Å²) >= 11 is 3.01. The third-order valence-corrected chi connectivity index (χ3v) is 2.97. The number of benzene rings is 1. The zero-order valence-corrected chi connectivity index (χ0v) is 13.7. The summed E-state index contributed by atoms with van der Waals surface area (Å²) in [6.45, 7) is 6.36. The molecule has 1 amide bonds. The summed E-state index contributed by atoms with van der Waals surface area (Å²) in [5, 5.41) is 5.61. The number of alkyl halides is 3. The topological polar surface area (TPSA) is 41.1 Å². The first-order valence-electron chi connectivity index (χ1n) is 6.40. The van der Waals surface area contributed by atoms with E-state index < -0.39 is 11.7 Å². The van der Waals surface area contributed by atoms with Gasteiger partial charge in [0.05, 0.1) is 5.56 Å². The maximum atomic E-state index is 12.7. The number of rotatable bonds is 4. The van der Waals surface area contributed by atoms with Gasteiger partial charge in [-0.15, -0.1) is 0 Å². The molecule has 0 fully saturated rings. The maximum Gasteiger partial charge on any atom is 0.416 e. The Hall–Kier alpha value is -1.08. The summed E-state index contributed by atoms with van der Waals surface area (Å²) in [7, 11) is 0. The molecular formula is C14H18BrF3N2O. The van der Waals surface area contributed by atoms with E-state index in [9.17, 15) is 18.0 Å². The van der Waals surface area contributed by atoms with Crippen molar-refractivity contribution in [2.75, 3.05) is 11.9 Å². The molecule has 1 rings (SSSR count). The fraction of sp³-hybridized carbons (Fsp3) is 0.500. The fourth-order valence-electron chi connectivity index (χ4n) is 1.60. The molecule has 2 N–H and O–H groups in total. The van der Waals surface area contributed by atoms with Gasteiger partial charge in [0.15, 0.2) is 0 Å². The second-order valence-corrected chi connectivity index (χ2v) is 6.62. The summed E-state index contributed by atoms with van der Waals surface area (Å²) in [5.74, 6) is -0.335. The smallest absolute Gasteiger partial charge is 0.326 e. The van der Waals surface area contributed by atoms with Crippen molar-refractivity contribution in [2.45, 2.75) is 38.9 Å². The van der Waals surface area contributed by atoms with E-state index in [-0.39, 0.29) is 28.0 Å². The number of hydrogen-bond donors (Lipinski definition) is 2. The van der Waals surface area contributed by atoms with Crippen molar-refractivity contribution in [3.63, 3.8) is 0 Å². The Labute approximate surface area is 130 Å².